The highest BCUT2D eigenvalue weighted by molar-refractivity contribution is 5.82. The van der Waals surface area contributed by atoms with Crippen molar-refractivity contribution in [1.29, 1.82) is 0 Å². The Labute approximate surface area is 171 Å². The summed E-state index contributed by atoms with van der Waals surface area (Å²) in [5, 5.41) is 2.79. The van der Waals surface area contributed by atoms with Crippen LogP contribution in [-0.4, -0.2) is 83.2 Å². The monoisotopic (exact) mass is 399 g/mol. The van der Waals surface area contributed by atoms with Crippen LogP contribution in [0.1, 0.15) is 31.2 Å². The maximum absolute atomic E-state index is 12.7. The summed E-state index contributed by atoms with van der Waals surface area (Å²) in [6.45, 7) is 4.77. The third-order valence-electron chi connectivity index (χ3n) is 6.50. The van der Waals surface area contributed by atoms with Gasteiger partial charge < -0.3 is 15.1 Å². The van der Waals surface area contributed by atoms with E-state index in [1.807, 2.05) is 33.0 Å². The number of hydrogen-bond donors (Lipinski definition) is 1. The molecule has 3 fully saturated rings. The van der Waals surface area contributed by atoms with Crippen molar-refractivity contribution in [3.05, 3.63) is 30.1 Å². The van der Waals surface area contributed by atoms with Gasteiger partial charge in [0, 0.05) is 58.1 Å². The van der Waals surface area contributed by atoms with Gasteiger partial charge >= 0.3 is 0 Å². The van der Waals surface area contributed by atoms with Gasteiger partial charge in [-0.05, 0) is 36.3 Å². The van der Waals surface area contributed by atoms with E-state index in [4.69, 9.17) is 0 Å². The van der Waals surface area contributed by atoms with Crippen LogP contribution in [0.25, 0.3) is 0 Å². The molecule has 0 unspecified atom stereocenters. The van der Waals surface area contributed by atoms with Gasteiger partial charge in [-0.15, -0.1) is 0 Å². The Morgan fingerprint density at radius 2 is 2.00 bits per heavy atom. The van der Waals surface area contributed by atoms with E-state index >= 15 is 0 Å². The van der Waals surface area contributed by atoms with E-state index in [-0.39, 0.29) is 23.1 Å². The SMILES string of the molecule is O=C1CN(CC(=O)N2CCC3(CCC(=O)N(Cc4cccnc4)C3)CC2)CCN1. The van der Waals surface area contributed by atoms with Crippen LogP contribution in [0.3, 0.4) is 0 Å². The molecule has 8 nitrogen and oxygen atoms in total. The Kier molecular flexibility index (Phi) is 5.80. The van der Waals surface area contributed by atoms with Gasteiger partial charge in [0.25, 0.3) is 0 Å². The number of hydrogen-bond acceptors (Lipinski definition) is 5. The van der Waals surface area contributed by atoms with Crippen molar-refractivity contribution in [2.45, 2.75) is 32.2 Å². The minimum atomic E-state index is -0.0118. The predicted octanol–water partition coefficient (Wildman–Crippen LogP) is 0.245. The molecule has 8 heteroatoms. The highest BCUT2D eigenvalue weighted by Crippen LogP contribution is 2.40. The van der Waals surface area contributed by atoms with E-state index in [0.29, 0.717) is 32.6 Å². The van der Waals surface area contributed by atoms with Crippen LogP contribution in [0.4, 0.5) is 0 Å². The van der Waals surface area contributed by atoms with Crippen molar-refractivity contribution in [2.75, 3.05) is 45.8 Å². The molecule has 29 heavy (non-hydrogen) atoms. The first-order chi connectivity index (χ1) is 14.0. The van der Waals surface area contributed by atoms with Gasteiger partial charge in [-0.2, -0.15) is 0 Å². The van der Waals surface area contributed by atoms with E-state index in [9.17, 15) is 14.4 Å². The van der Waals surface area contributed by atoms with Crippen LogP contribution in [0, 0.1) is 5.41 Å². The number of carbonyl (C=O) groups is 3. The molecule has 3 saturated heterocycles. The Bertz CT molecular complexity index is 761. The molecule has 4 heterocycles. The van der Waals surface area contributed by atoms with Crippen molar-refractivity contribution in [2.24, 2.45) is 5.41 Å². The zero-order chi connectivity index (χ0) is 20.3. The van der Waals surface area contributed by atoms with E-state index in [1.165, 1.54) is 0 Å². The van der Waals surface area contributed by atoms with Crippen LogP contribution in [0.2, 0.25) is 0 Å². The number of piperazine rings is 1. The molecule has 0 aliphatic carbocycles. The molecule has 3 aliphatic rings. The number of aromatic nitrogens is 1. The molecule has 1 spiro atoms. The first-order valence-electron chi connectivity index (χ1n) is 10.5. The fourth-order valence-electron chi connectivity index (χ4n) is 4.71. The summed E-state index contributed by atoms with van der Waals surface area (Å²) in [6, 6.07) is 3.90. The topological polar surface area (TPSA) is 85.9 Å². The second kappa shape index (κ2) is 8.49. The van der Waals surface area contributed by atoms with E-state index < -0.39 is 0 Å². The van der Waals surface area contributed by atoms with Gasteiger partial charge in [-0.3, -0.25) is 24.3 Å². The second-order valence-corrected chi connectivity index (χ2v) is 8.55. The van der Waals surface area contributed by atoms with Gasteiger partial charge in [-0.1, -0.05) is 6.07 Å². The summed E-state index contributed by atoms with van der Waals surface area (Å²) in [5.74, 6) is 0.303. The van der Waals surface area contributed by atoms with Gasteiger partial charge in [0.2, 0.25) is 17.7 Å². The third-order valence-corrected chi connectivity index (χ3v) is 6.50. The lowest BCUT2D eigenvalue weighted by Gasteiger charge is -2.47. The van der Waals surface area contributed by atoms with Crippen molar-refractivity contribution in [3.63, 3.8) is 0 Å². The summed E-state index contributed by atoms with van der Waals surface area (Å²) in [6.07, 6.45) is 6.90. The number of piperidine rings is 2. The average Bonchev–Trinajstić information content (AvgIpc) is 2.72. The Morgan fingerprint density at radius 3 is 2.72 bits per heavy atom. The molecule has 1 aromatic heterocycles. The summed E-state index contributed by atoms with van der Waals surface area (Å²) in [7, 11) is 0. The molecule has 3 aliphatic heterocycles. The lowest BCUT2D eigenvalue weighted by molar-refractivity contribution is -0.143. The van der Waals surface area contributed by atoms with E-state index in [2.05, 4.69) is 10.3 Å². The first-order valence-corrected chi connectivity index (χ1v) is 10.5. The normalized spacial score (nSPS) is 22.6. The lowest BCUT2D eigenvalue weighted by atomic mass is 9.72. The zero-order valence-corrected chi connectivity index (χ0v) is 16.8. The summed E-state index contributed by atoms with van der Waals surface area (Å²) in [4.78, 5) is 46.6. The van der Waals surface area contributed by atoms with Gasteiger partial charge in [-0.25, -0.2) is 0 Å². The Morgan fingerprint density at radius 1 is 1.17 bits per heavy atom. The molecule has 0 aromatic carbocycles. The van der Waals surface area contributed by atoms with E-state index in [1.54, 1.807) is 6.20 Å². The first kappa shape index (κ1) is 19.8. The fraction of sp³-hybridized carbons (Fsp3) is 0.619. The highest BCUT2D eigenvalue weighted by Gasteiger charge is 2.41. The van der Waals surface area contributed by atoms with Crippen LogP contribution in [-0.2, 0) is 20.9 Å². The van der Waals surface area contributed by atoms with E-state index in [0.717, 1.165) is 51.0 Å². The lowest BCUT2D eigenvalue weighted by Crippen LogP contribution is -2.54. The minimum Gasteiger partial charge on any atom is -0.354 e. The minimum absolute atomic E-state index is 0.0118. The van der Waals surface area contributed by atoms with Gasteiger partial charge in [0.15, 0.2) is 0 Å². The molecule has 1 aromatic rings. The standard InChI is InChI=1S/C21H29N5O3/c27-18-14-24(11-8-23-18)15-20(29)25-9-5-21(6-10-25)4-3-19(28)26(16-21)13-17-2-1-7-22-12-17/h1-2,7,12H,3-6,8-11,13-16H2,(H,23,27). The second-order valence-electron chi connectivity index (χ2n) is 8.55. The molecule has 1 N–H and O–H groups in total. The number of carbonyl (C=O) groups excluding carboxylic acids is 3. The molecule has 0 atom stereocenters. The quantitative estimate of drug-likeness (QED) is 0.784. The molecule has 4 rings (SSSR count). The molecule has 0 saturated carbocycles. The molecular formula is C21H29N5O3. The number of pyridine rings is 1. The molecule has 156 valence electrons. The number of amides is 3. The highest BCUT2D eigenvalue weighted by atomic mass is 16.2. The average molecular weight is 399 g/mol. The number of nitrogens with one attached hydrogen (secondary N) is 1. The van der Waals surface area contributed by atoms with Crippen molar-refractivity contribution < 1.29 is 14.4 Å². The molecule has 3 amide bonds. The molecule has 0 radical (unpaired) electrons. The van der Waals surface area contributed by atoms with Crippen LogP contribution in [0.5, 0.6) is 0 Å². The maximum atomic E-state index is 12.7. The number of likely N-dealkylation sites (tertiary alicyclic amines) is 2. The van der Waals surface area contributed by atoms with Gasteiger partial charge in [0.05, 0.1) is 13.1 Å². The largest absolute Gasteiger partial charge is 0.354 e. The third kappa shape index (κ3) is 4.75. The Balaban J connectivity index is 1.31. The smallest absolute Gasteiger partial charge is 0.236 e. The summed E-state index contributed by atoms with van der Waals surface area (Å²) < 4.78 is 0. The summed E-state index contributed by atoms with van der Waals surface area (Å²) >= 11 is 0. The van der Waals surface area contributed by atoms with Crippen LogP contribution in [0.15, 0.2) is 24.5 Å². The Hall–Kier alpha value is -2.48. The zero-order valence-electron chi connectivity index (χ0n) is 16.8. The summed E-state index contributed by atoms with van der Waals surface area (Å²) in [5.41, 5.74) is 1.16. The van der Waals surface area contributed by atoms with Crippen LogP contribution < -0.4 is 5.32 Å². The fourth-order valence-corrected chi connectivity index (χ4v) is 4.71. The van der Waals surface area contributed by atoms with Crippen LogP contribution >= 0.6 is 0 Å². The van der Waals surface area contributed by atoms with Crippen molar-refractivity contribution in [1.82, 2.24) is 25.0 Å². The molecular weight excluding hydrogens is 370 g/mol. The molecule has 0 bridgehead atoms. The maximum Gasteiger partial charge on any atom is 0.236 e. The predicted molar refractivity (Wildman–Crippen MR) is 107 cm³/mol. The van der Waals surface area contributed by atoms with Gasteiger partial charge in [0.1, 0.15) is 0 Å². The number of nitrogens with zero attached hydrogens (tertiary/aromatic N) is 4. The van der Waals surface area contributed by atoms with Crippen molar-refractivity contribution in [3.8, 4) is 0 Å². The number of rotatable bonds is 4. The van der Waals surface area contributed by atoms with Crippen molar-refractivity contribution >= 4 is 17.7 Å².